The number of imidazole rings is 1. The summed E-state index contributed by atoms with van der Waals surface area (Å²) in [5.41, 5.74) is 9.03. The lowest BCUT2D eigenvalue weighted by molar-refractivity contribution is 0.789. The Hall–Kier alpha value is -0.870. The highest BCUT2D eigenvalue weighted by atomic mass is 79.9. The van der Waals surface area contributed by atoms with Crippen molar-refractivity contribution >= 4 is 21.6 Å². The van der Waals surface area contributed by atoms with Crippen LogP contribution in [-0.2, 0) is 6.42 Å². The number of nitrogens with two attached hydrogens (primary N) is 1. The van der Waals surface area contributed by atoms with E-state index < -0.39 is 0 Å². The first-order valence-electron chi connectivity index (χ1n) is 5.51. The molecule has 0 aliphatic carbocycles. The number of halogens is 1. The molecule has 0 fully saturated rings. The highest BCUT2D eigenvalue weighted by Crippen LogP contribution is 2.24. The lowest BCUT2D eigenvalue weighted by Crippen LogP contribution is -2.08. The van der Waals surface area contributed by atoms with Gasteiger partial charge in [-0.3, -0.25) is 4.40 Å². The molecule has 3 nitrogen and oxygen atoms in total. The molecule has 0 aliphatic heterocycles. The summed E-state index contributed by atoms with van der Waals surface area (Å²) in [4.78, 5) is 4.67. The van der Waals surface area contributed by atoms with Gasteiger partial charge >= 0.3 is 0 Å². The van der Waals surface area contributed by atoms with Gasteiger partial charge < -0.3 is 5.73 Å². The lowest BCUT2D eigenvalue weighted by atomic mass is 10.1. The van der Waals surface area contributed by atoms with E-state index in [0.717, 1.165) is 22.4 Å². The molecule has 0 radical (unpaired) electrons. The molecular formula is C12H16BrN3. The largest absolute Gasteiger partial charge is 0.330 e. The first-order valence-corrected chi connectivity index (χ1v) is 6.30. The molecule has 2 aromatic heterocycles. The molecule has 0 unspecified atom stereocenters. The van der Waals surface area contributed by atoms with Crippen LogP contribution in [0.1, 0.15) is 31.2 Å². The van der Waals surface area contributed by atoms with Crippen LogP contribution in [0.3, 0.4) is 0 Å². The Morgan fingerprint density at radius 1 is 1.44 bits per heavy atom. The summed E-state index contributed by atoms with van der Waals surface area (Å²) >= 11 is 3.56. The molecule has 2 N–H and O–H groups in total. The monoisotopic (exact) mass is 281 g/mol. The number of fused-ring (bicyclic) bond motifs is 1. The zero-order chi connectivity index (χ0) is 11.7. The van der Waals surface area contributed by atoms with Gasteiger partial charge in [0.25, 0.3) is 0 Å². The van der Waals surface area contributed by atoms with E-state index in [1.54, 1.807) is 0 Å². The summed E-state index contributed by atoms with van der Waals surface area (Å²) < 4.78 is 3.18. The van der Waals surface area contributed by atoms with Gasteiger partial charge in [-0.2, -0.15) is 0 Å². The van der Waals surface area contributed by atoms with Gasteiger partial charge in [-0.25, -0.2) is 4.98 Å². The second-order valence-electron chi connectivity index (χ2n) is 4.18. The molecule has 0 atom stereocenters. The number of hydrogen-bond acceptors (Lipinski definition) is 2. The molecule has 0 aliphatic rings. The Morgan fingerprint density at radius 3 is 2.81 bits per heavy atom. The quantitative estimate of drug-likeness (QED) is 0.880. The molecule has 0 amide bonds. The third-order valence-corrected chi connectivity index (χ3v) is 3.27. The van der Waals surface area contributed by atoms with Crippen molar-refractivity contribution in [2.24, 2.45) is 5.73 Å². The minimum Gasteiger partial charge on any atom is -0.330 e. The normalized spacial score (nSPS) is 11.6. The number of rotatable bonds is 3. The van der Waals surface area contributed by atoms with Crippen LogP contribution < -0.4 is 5.73 Å². The topological polar surface area (TPSA) is 43.3 Å². The minimum absolute atomic E-state index is 0.424. The number of nitrogens with zero attached hydrogens (tertiary/aromatic N) is 2. The average molecular weight is 282 g/mol. The van der Waals surface area contributed by atoms with Gasteiger partial charge in [0.15, 0.2) is 0 Å². The van der Waals surface area contributed by atoms with E-state index in [4.69, 9.17) is 5.73 Å². The second-order valence-corrected chi connectivity index (χ2v) is 4.99. The maximum Gasteiger partial charge on any atom is 0.138 e. The highest BCUT2D eigenvalue weighted by molar-refractivity contribution is 9.10. The SMILES string of the molecule is CC(C)c1nc2cccc(Br)n2c1CCN. The van der Waals surface area contributed by atoms with E-state index in [9.17, 15) is 0 Å². The maximum atomic E-state index is 5.67. The molecular weight excluding hydrogens is 266 g/mol. The minimum atomic E-state index is 0.424. The Bertz CT molecular complexity index is 502. The zero-order valence-electron chi connectivity index (χ0n) is 9.57. The molecule has 0 bridgehead atoms. The molecule has 0 saturated carbocycles. The molecule has 16 heavy (non-hydrogen) atoms. The van der Waals surface area contributed by atoms with Gasteiger partial charge in [-0.15, -0.1) is 0 Å². The second kappa shape index (κ2) is 4.55. The Kier molecular flexibility index (Phi) is 3.30. The van der Waals surface area contributed by atoms with Crippen molar-refractivity contribution in [3.63, 3.8) is 0 Å². The summed E-state index contributed by atoms with van der Waals surface area (Å²) in [7, 11) is 0. The van der Waals surface area contributed by atoms with E-state index in [2.05, 4.69) is 39.2 Å². The van der Waals surface area contributed by atoms with Crippen LogP contribution >= 0.6 is 15.9 Å². The van der Waals surface area contributed by atoms with Gasteiger partial charge in [-0.1, -0.05) is 19.9 Å². The maximum absolute atomic E-state index is 5.67. The molecule has 0 spiro atoms. The summed E-state index contributed by atoms with van der Waals surface area (Å²) in [6, 6.07) is 6.05. The Labute approximate surface area is 104 Å². The molecule has 2 rings (SSSR count). The van der Waals surface area contributed by atoms with E-state index in [0.29, 0.717) is 12.5 Å². The van der Waals surface area contributed by atoms with Crippen molar-refractivity contribution < 1.29 is 0 Å². The summed E-state index contributed by atoms with van der Waals surface area (Å²) in [6.07, 6.45) is 0.858. The smallest absolute Gasteiger partial charge is 0.138 e. The van der Waals surface area contributed by atoms with Crippen LogP contribution in [0.15, 0.2) is 22.8 Å². The van der Waals surface area contributed by atoms with E-state index in [1.165, 1.54) is 5.69 Å². The molecule has 2 heterocycles. The fourth-order valence-corrected chi connectivity index (χ4v) is 2.52. The van der Waals surface area contributed by atoms with Gasteiger partial charge in [0.2, 0.25) is 0 Å². The fraction of sp³-hybridized carbons (Fsp3) is 0.417. The zero-order valence-corrected chi connectivity index (χ0v) is 11.2. The van der Waals surface area contributed by atoms with Crippen molar-refractivity contribution in [3.8, 4) is 0 Å². The Morgan fingerprint density at radius 2 is 2.19 bits per heavy atom. The summed E-state index contributed by atoms with van der Waals surface area (Å²) in [5.74, 6) is 0.424. The summed E-state index contributed by atoms with van der Waals surface area (Å²) in [5, 5.41) is 0. The molecule has 4 heteroatoms. The van der Waals surface area contributed by atoms with Gasteiger partial charge in [0.05, 0.1) is 10.3 Å². The van der Waals surface area contributed by atoms with Crippen molar-refractivity contribution in [1.82, 2.24) is 9.38 Å². The average Bonchev–Trinajstić information content (AvgIpc) is 2.59. The van der Waals surface area contributed by atoms with Crippen molar-refractivity contribution in [2.75, 3.05) is 6.54 Å². The fourth-order valence-electron chi connectivity index (χ4n) is 1.97. The van der Waals surface area contributed by atoms with E-state index >= 15 is 0 Å². The third kappa shape index (κ3) is 1.87. The Balaban J connectivity index is 2.72. The van der Waals surface area contributed by atoms with Crippen LogP contribution in [-0.4, -0.2) is 15.9 Å². The van der Waals surface area contributed by atoms with Crippen LogP contribution in [0.4, 0.5) is 0 Å². The van der Waals surface area contributed by atoms with Crippen LogP contribution in [0.2, 0.25) is 0 Å². The molecule has 0 saturated heterocycles. The number of pyridine rings is 1. The first kappa shape index (κ1) is 11.6. The summed E-state index contributed by atoms with van der Waals surface area (Å²) in [6.45, 7) is 4.97. The molecule has 2 aromatic rings. The van der Waals surface area contributed by atoms with Gasteiger partial charge in [0.1, 0.15) is 5.65 Å². The third-order valence-electron chi connectivity index (χ3n) is 2.65. The van der Waals surface area contributed by atoms with Crippen LogP contribution in [0.5, 0.6) is 0 Å². The predicted molar refractivity (Wildman–Crippen MR) is 69.7 cm³/mol. The van der Waals surface area contributed by atoms with Crippen molar-refractivity contribution in [1.29, 1.82) is 0 Å². The highest BCUT2D eigenvalue weighted by Gasteiger charge is 2.15. The number of hydrogen-bond donors (Lipinski definition) is 1. The lowest BCUT2D eigenvalue weighted by Gasteiger charge is -2.07. The number of aromatic nitrogens is 2. The molecule has 86 valence electrons. The van der Waals surface area contributed by atoms with Gasteiger partial charge in [0, 0.05) is 12.1 Å². The first-order chi connectivity index (χ1) is 7.65. The molecule has 0 aromatic carbocycles. The van der Waals surface area contributed by atoms with E-state index in [-0.39, 0.29) is 0 Å². The van der Waals surface area contributed by atoms with Crippen molar-refractivity contribution in [2.45, 2.75) is 26.2 Å². The van der Waals surface area contributed by atoms with Crippen LogP contribution in [0.25, 0.3) is 5.65 Å². The van der Waals surface area contributed by atoms with Crippen LogP contribution in [0, 0.1) is 0 Å². The van der Waals surface area contributed by atoms with E-state index in [1.807, 2.05) is 18.2 Å². The van der Waals surface area contributed by atoms with Crippen molar-refractivity contribution in [3.05, 3.63) is 34.2 Å². The standard InChI is InChI=1S/C12H16BrN3/c1-8(2)12-9(6-7-14)16-10(13)4-3-5-11(16)15-12/h3-5,8H,6-7,14H2,1-2H3. The van der Waals surface area contributed by atoms with Gasteiger partial charge in [-0.05, 0) is 40.5 Å². The predicted octanol–water partition coefficient (Wildman–Crippen LogP) is 2.72.